The van der Waals surface area contributed by atoms with E-state index in [4.69, 9.17) is 4.74 Å². The minimum Gasteiger partial charge on any atom is -0.376 e. The van der Waals surface area contributed by atoms with Crippen LogP contribution in [0.15, 0.2) is 9.95 Å². The van der Waals surface area contributed by atoms with Gasteiger partial charge in [-0.15, -0.1) is 5.10 Å². The molecule has 0 aromatic carbocycles. The lowest BCUT2D eigenvalue weighted by atomic mass is 9.48. The quantitative estimate of drug-likeness (QED) is 0.755. The number of nitrogens with zero attached hydrogens (tertiary/aromatic N) is 2. The van der Waals surface area contributed by atoms with Gasteiger partial charge in [-0.25, -0.2) is 9.89 Å². The van der Waals surface area contributed by atoms with Crippen LogP contribution in [0.3, 0.4) is 0 Å². The zero-order chi connectivity index (χ0) is 18.6. The summed E-state index contributed by atoms with van der Waals surface area (Å²) in [4.78, 5) is 25.7. The fourth-order valence-electron chi connectivity index (χ4n) is 6.60. The van der Waals surface area contributed by atoms with Gasteiger partial charge in [0, 0.05) is 12.0 Å². The lowest BCUT2D eigenvalue weighted by Gasteiger charge is -2.56. The van der Waals surface area contributed by atoms with Gasteiger partial charge in [0.15, 0.2) is 10.9 Å². The number of hydrogen-bond acceptors (Lipinski definition) is 5. The first-order chi connectivity index (χ1) is 13.0. The number of hydrogen-bond donors (Lipinski definition) is 1. The fourth-order valence-corrected chi connectivity index (χ4v) is 7.66. The van der Waals surface area contributed by atoms with Crippen LogP contribution in [-0.4, -0.2) is 38.5 Å². The second kappa shape index (κ2) is 6.76. The molecule has 4 bridgehead atoms. The summed E-state index contributed by atoms with van der Waals surface area (Å²) in [6.07, 6.45) is 9.39. The van der Waals surface area contributed by atoms with Gasteiger partial charge in [-0.2, -0.15) is 0 Å². The number of nitrogens with one attached hydrogen (secondary N) is 1. The Labute approximate surface area is 163 Å². The van der Waals surface area contributed by atoms with Crippen molar-refractivity contribution in [2.45, 2.75) is 81.3 Å². The Morgan fingerprint density at radius 2 is 1.96 bits per heavy atom. The van der Waals surface area contributed by atoms with Crippen LogP contribution in [0.4, 0.5) is 0 Å². The minimum absolute atomic E-state index is 0.0776. The second-order valence-corrected chi connectivity index (χ2v) is 10.7. The predicted octanol–water partition coefficient (Wildman–Crippen LogP) is 3.02. The van der Waals surface area contributed by atoms with Crippen LogP contribution >= 0.6 is 11.8 Å². The molecule has 2 heterocycles. The molecule has 1 saturated heterocycles. The van der Waals surface area contributed by atoms with Gasteiger partial charge < -0.3 is 4.74 Å². The van der Waals surface area contributed by atoms with Crippen molar-refractivity contribution in [3.05, 3.63) is 10.5 Å². The van der Waals surface area contributed by atoms with Crippen molar-refractivity contribution in [3.8, 4) is 0 Å². The van der Waals surface area contributed by atoms with E-state index in [1.165, 1.54) is 31.0 Å². The maximum Gasteiger partial charge on any atom is 0.344 e. The molecule has 6 rings (SSSR count). The van der Waals surface area contributed by atoms with Crippen LogP contribution in [0.2, 0.25) is 0 Å². The Balaban J connectivity index is 1.31. The lowest BCUT2D eigenvalue weighted by molar-refractivity contribution is -0.142. The molecule has 148 valence electrons. The Bertz CT molecular complexity index is 744. The van der Waals surface area contributed by atoms with E-state index in [1.807, 2.05) is 6.92 Å². The number of carbonyl (C=O) groups is 1. The monoisotopic (exact) mass is 391 g/mol. The standard InChI is InChI=1S/C20H29N3O3S/c1-12(17(24)20-8-13-5-14(9-20)7-15(6-13)10-20)27-19-22-21-18(25)23(19)11-16-3-2-4-26-16/h12-16H,2-11H2,1H3,(H,21,25)/t12-,13?,14?,15?,16-,20?/m0/s1. The average molecular weight is 392 g/mol. The number of ketones is 1. The number of aromatic nitrogens is 3. The van der Waals surface area contributed by atoms with Gasteiger partial charge >= 0.3 is 5.69 Å². The van der Waals surface area contributed by atoms with Gasteiger partial charge in [-0.1, -0.05) is 11.8 Å². The maximum absolute atomic E-state index is 13.5. The number of H-pyrrole nitrogens is 1. The molecule has 6 nitrogen and oxygen atoms in total. The molecular formula is C20H29N3O3S. The topological polar surface area (TPSA) is 77.0 Å². The molecule has 0 unspecified atom stereocenters. The molecule has 1 aromatic rings. The molecule has 0 radical (unpaired) electrons. The first-order valence-corrected chi connectivity index (χ1v) is 11.4. The van der Waals surface area contributed by atoms with Crippen LogP contribution in [0.5, 0.6) is 0 Å². The van der Waals surface area contributed by atoms with Crippen molar-refractivity contribution in [2.75, 3.05) is 6.61 Å². The van der Waals surface area contributed by atoms with Crippen LogP contribution in [-0.2, 0) is 16.1 Å². The molecular weight excluding hydrogens is 362 g/mol. The van der Waals surface area contributed by atoms with E-state index in [0.29, 0.717) is 17.5 Å². The molecule has 27 heavy (non-hydrogen) atoms. The average Bonchev–Trinajstić information content (AvgIpc) is 3.25. The summed E-state index contributed by atoms with van der Waals surface area (Å²) in [5.41, 5.74) is -0.306. The SMILES string of the molecule is C[C@H](Sc1n[nH]c(=O)n1C[C@@H]1CCCO1)C(=O)C12CC3CC(CC(C3)C1)C2. The summed E-state index contributed by atoms with van der Waals surface area (Å²) in [7, 11) is 0. The minimum atomic E-state index is -0.206. The van der Waals surface area contributed by atoms with E-state index in [-0.39, 0.29) is 22.5 Å². The van der Waals surface area contributed by atoms with Crippen LogP contribution in [0, 0.1) is 23.2 Å². The molecule has 1 N–H and O–H groups in total. The first kappa shape index (κ1) is 18.0. The zero-order valence-corrected chi connectivity index (χ0v) is 16.8. The smallest absolute Gasteiger partial charge is 0.344 e. The molecule has 4 saturated carbocycles. The maximum atomic E-state index is 13.5. The van der Waals surface area contributed by atoms with E-state index in [1.54, 1.807) is 4.57 Å². The Morgan fingerprint density at radius 3 is 2.56 bits per heavy atom. The zero-order valence-electron chi connectivity index (χ0n) is 16.0. The molecule has 7 heteroatoms. The Hall–Kier alpha value is -1.08. The predicted molar refractivity (Wildman–Crippen MR) is 103 cm³/mol. The molecule has 5 fully saturated rings. The third kappa shape index (κ3) is 3.20. The van der Waals surface area contributed by atoms with E-state index in [0.717, 1.165) is 56.5 Å². The van der Waals surface area contributed by atoms with Crippen LogP contribution in [0.25, 0.3) is 0 Å². The third-order valence-electron chi connectivity index (χ3n) is 7.35. The first-order valence-electron chi connectivity index (χ1n) is 10.5. The lowest BCUT2D eigenvalue weighted by Crippen LogP contribution is -2.51. The molecule has 0 amide bonds. The summed E-state index contributed by atoms with van der Waals surface area (Å²) < 4.78 is 7.33. The highest BCUT2D eigenvalue weighted by molar-refractivity contribution is 8.00. The molecule has 2 atom stereocenters. The van der Waals surface area contributed by atoms with Crippen molar-refractivity contribution in [2.24, 2.45) is 23.2 Å². The van der Waals surface area contributed by atoms with Crippen LogP contribution in [0.1, 0.15) is 58.3 Å². The number of Topliss-reactive ketones (excluding diaryl/α,β-unsaturated/α-hetero) is 1. The highest BCUT2D eigenvalue weighted by atomic mass is 32.2. The van der Waals surface area contributed by atoms with Crippen molar-refractivity contribution in [1.29, 1.82) is 0 Å². The van der Waals surface area contributed by atoms with Crippen molar-refractivity contribution in [1.82, 2.24) is 14.8 Å². The molecule has 0 spiro atoms. The summed E-state index contributed by atoms with van der Waals surface area (Å²) in [6, 6.07) is 0. The van der Waals surface area contributed by atoms with Gasteiger partial charge in [0.25, 0.3) is 0 Å². The number of rotatable bonds is 6. The Morgan fingerprint density at radius 1 is 1.30 bits per heavy atom. The van der Waals surface area contributed by atoms with E-state index in [2.05, 4.69) is 10.2 Å². The fraction of sp³-hybridized carbons (Fsp3) is 0.850. The molecule has 1 aliphatic heterocycles. The van der Waals surface area contributed by atoms with Crippen molar-refractivity contribution >= 4 is 17.5 Å². The van der Waals surface area contributed by atoms with Gasteiger partial charge in [-0.05, 0) is 76.0 Å². The Kier molecular flexibility index (Phi) is 4.50. The highest BCUT2D eigenvalue weighted by Crippen LogP contribution is 2.61. The second-order valence-electron chi connectivity index (χ2n) is 9.38. The summed E-state index contributed by atoms with van der Waals surface area (Å²) in [5.74, 6) is 2.69. The third-order valence-corrected chi connectivity index (χ3v) is 8.44. The number of carbonyl (C=O) groups excluding carboxylic acids is 1. The summed E-state index contributed by atoms with van der Waals surface area (Å²) in [6.45, 7) is 3.29. The summed E-state index contributed by atoms with van der Waals surface area (Å²) >= 11 is 1.45. The molecule has 5 aliphatic rings. The summed E-state index contributed by atoms with van der Waals surface area (Å²) in [5, 5.41) is 7.23. The number of aromatic amines is 1. The highest BCUT2D eigenvalue weighted by Gasteiger charge is 2.55. The van der Waals surface area contributed by atoms with Crippen LogP contribution < -0.4 is 5.69 Å². The van der Waals surface area contributed by atoms with E-state index < -0.39 is 0 Å². The molecule has 1 aromatic heterocycles. The van der Waals surface area contributed by atoms with E-state index >= 15 is 0 Å². The number of thioether (sulfide) groups is 1. The number of ether oxygens (including phenoxy) is 1. The van der Waals surface area contributed by atoms with Gasteiger partial charge in [0.05, 0.1) is 17.9 Å². The van der Waals surface area contributed by atoms with Gasteiger partial charge in [0.2, 0.25) is 0 Å². The normalized spacial score (nSPS) is 38.4. The largest absolute Gasteiger partial charge is 0.376 e. The molecule has 4 aliphatic carbocycles. The van der Waals surface area contributed by atoms with E-state index in [9.17, 15) is 9.59 Å². The van der Waals surface area contributed by atoms with Gasteiger partial charge in [-0.3, -0.25) is 9.36 Å². The van der Waals surface area contributed by atoms with Crippen molar-refractivity contribution < 1.29 is 9.53 Å². The van der Waals surface area contributed by atoms with Crippen molar-refractivity contribution in [3.63, 3.8) is 0 Å². The van der Waals surface area contributed by atoms with Gasteiger partial charge in [0.1, 0.15) is 0 Å².